The summed E-state index contributed by atoms with van der Waals surface area (Å²) in [6.45, 7) is 6.16. The van der Waals surface area contributed by atoms with E-state index in [4.69, 9.17) is 0 Å². The van der Waals surface area contributed by atoms with Gasteiger partial charge < -0.3 is 4.74 Å². The van der Waals surface area contributed by atoms with Gasteiger partial charge in [-0.15, -0.1) is 0 Å². The van der Waals surface area contributed by atoms with Crippen LogP contribution in [0.25, 0.3) is 0 Å². The van der Waals surface area contributed by atoms with Crippen LogP contribution in [0.5, 0.6) is 0 Å². The monoisotopic (exact) mass is 193 g/mol. The number of nitrogens with zero attached hydrogens (tertiary/aromatic N) is 1. The summed E-state index contributed by atoms with van der Waals surface area (Å²) in [5, 5.41) is 0. The van der Waals surface area contributed by atoms with Crippen LogP contribution in [0.2, 0.25) is 0 Å². The van der Waals surface area contributed by atoms with Crippen molar-refractivity contribution in [1.29, 1.82) is 0 Å². The van der Waals surface area contributed by atoms with E-state index in [1.54, 1.807) is 6.07 Å². The zero-order valence-electron chi connectivity index (χ0n) is 9.00. The molecule has 1 aromatic heterocycles. The quantitative estimate of drug-likeness (QED) is 0.641. The molecule has 3 nitrogen and oxygen atoms in total. The molecular weight excluding hydrogens is 178 g/mol. The van der Waals surface area contributed by atoms with Gasteiger partial charge >= 0.3 is 5.97 Å². The first kappa shape index (κ1) is 10.7. The Balaban J connectivity index is 3.08. The Hall–Kier alpha value is -1.38. The van der Waals surface area contributed by atoms with E-state index in [0.29, 0.717) is 5.69 Å². The molecule has 0 amide bonds. The van der Waals surface area contributed by atoms with E-state index in [9.17, 15) is 4.79 Å². The van der Waals surface area contributed by atoms with Gasteiger partial charge in [0.2, 0.25) is 0 Å². The molecule has 1 aromatic rings. The lowest BCUT2D eigenvalue weighted by Crippen LogP contribution is -2.16. The molecule has 0 saturated carbocycles. The lowest BCUT2D eigenvalue weighted by molar-refractivity contribution is 0.0593. The fourth-order valence-electron chi connectivity index (χ4n) is 1.07. The number of methoxy groups -OCH3 is 1. The molecule has 0 aliphatic rings. The lowest BCUT2D eigenvalue weighted by Gasteiger charge is -2.17. The largest absolute Gasteiger partial charge is 0.464 e. The fraction of sp³-hybridized carbons (Fsp3) is 0.455. The second-order valence-electron chi connectivity index (χ2n) is 4.15. The van der Waals surface area contributed by atoms with Gasteiger partial charge in [-0.05, 0) is 12.1 Å². The number of hydrogen-bond donors (Lipinski definition) is 0. The molecule has 1 heterocycles. The maximum absolute atomic E-state index is 11.2. The van der Waals surface area contributed by atoms with E-state index in [1.807, 2.05) is 12.1 Å². The van der Waals surface area contributed by atoms with E-state index >= 15 is 0 Å². The molecule has 3 heteroatoms. The van der Waals surface area contributed by atoms with Gasteiger partial charge in [0.05, 0.1) is 7.11 Å². The van der Waals surface area contributed by atoms with Crippen molar-refractivity contribution in [2.75, 3.05) is 7.11 Å². The number of pyridine rings is 1. The molecule has 1 rings (SSSR count). The van der Waals surface area contributed by atoms with E-state index in [0.717, 1.165) is 5.69 Å². The minimum Gasteiger partial charge on any atom is -0.464 e. The molecule has 0 spiro atoms. The summed E-state index contributed by atoms with van der Waals surface area (Å²) in [6.07, 6.45) is 0. The zero-order valence-corrected chi connectivity index (χ0v) is 9.00. The summed E-state index contributed by atoms with van der Waals surface area (Å²) in [5.74, 6) is -0.393. The van der Waals surface area contributed by atoms with Gasteiger partial charge in [-0.2, -0.15) is 0 Å². The highest BCUT2D eigenvalue weighted by Gasteiger charge is 2.17. The van der Waals surface area contributed by atoms with Crippen LogP contribution in [0.1, 0.15) is 37.0 Å². The van der Waals surface area contributed by atoms with Gasteiger partial charge in [0.15, 0.2) is 0 Å². The highest BCUT2D eigenvalue weighted by Crippen LogP contribution is 2.19. The molecule has 0 unspecified atom stereocenters. The van der Waals surface area contributed by atoms with Crippen molar-refractivity contribution in [3.63, 3.8) is 0 Å². The van der Waals surface area contributed by atoms with Gasteiger partial charge in [-0.3, -0.25) is 0 Å². The first-order chi connectivity index (χ1) is 6.45. The van der Waals surface area contributed by atoms with Crippen molar-refractivity contribution in [2.24, 2.45) is 0 Å². The van der Waals surface area contributed by atoms with Gasteiger partial charge in [-0.25, -0.2) is 9.78 Å². The Labute approximate surface area is 84.1 Å². The normalized spacial score (nSPS) is 11.1. The third-order valence-corrected chi connectivity index (χ3v) is 1.91. The van der Waals surface area contributed by atoms with Crippen LogP contribution in [-0.4, -0.2) is 18.1 Å². The third-order valence-electron chi connectivity index (χ3n) is 1.91. The average molecular weight is 193 g/mol. The second kappa shape index (κ2) is 3.78. The summed E-state index contributed by atoms with van der Waals surface area (Å²) in [4.78, 5) is 15.4. The van der Waals surface area contributed by atoms with Crippen LogP contribution in [0.4, 0.5) is 0 Å². The summed E-state index contributed by atoms with van der Waals surface area (Å²) < 4.78 is 4.60. The lowest BCUT2D eigenvalue weighted by atomic mass is 9.91. The average Bonchev–Trinajstić information content (AvgIpc) is 2.15. The van der Waals surface area contributed by atoms with E-state index in [-0.39, 0.29) is 5.41 Å². The maximum Gasteiger partial charge on any atom is 0.356 e. The van der Waals surface area contributed by atoms with Crippen LogP contribution in [-0.2, 0) is 10.2 Å². The highest BCUT2D eigenvalue weighted by molar-refractivity contribution is 5.87. The first-order valence-electron chi connectivity index (χ1n) is 4.51. The SMILES string of the molecule is COC(=O)c1cccc(C(C)(C)C)n1. The molecule has 0 radical (unpaired) electrons. The van der Waals surface area contributed by atoms with E-state index in [2.05, 4.69) is 30.5 Å². The Morgan fingerprint density at radius 2 is 2.00 bits per heavy atom. The Morgan fingerprint density at radius 3 is 2.50 bits per heavy atom. The van der Waals surface area contributed by atoms with Gasteiger partial charge in [0.25, 0.3) is 0 Å². The molecule has 0 saturated heterocycles. The van der Waals surface area contributed by atoms with Crippen molar-refractivity contribution in [1.82, 2.24) is 4.98 Å². The molecule has 0 aliphatic heterocycles. The topological polar surface area (TPSA) is 39.2 Å². The van der Waals surface area contributed by atoms with Gasteiger partial charge in [-0.1, -0.05) is 26.8 Å². The minimum absolute atomic E-state index is 0.0516. The number of carbonyl (C=O) groups excluding carboxylic acids is 1. The number of esters is 1. The highest BCUT2D eigenvalue weighted by atomic mass is 16.5. The predicted molar refractivity (Wildman–Crippen MR) is 54.3 cm³/mol. The molecule has 0 aliphatic carbocycles. The Kier molecular flexibility index (Phi) is 2.89. The van der Waals surface area contributed by atoms with Crippen LogP contribution in [0.3, 0.4) is 0 Å². The zero-order chi connectivity index (χ0) is 10.8. The molecular formula is C11H15NO2. The molecule has 0 atom stereocenters. The summed E-state index contributed by atoms with van der Waals surface area (Å²) >= 11 is 0. The molecule has 14 heavy (non-hydrogen) atoms. The number of carbonyl (C=O) groups is 1. The maximum atomic E-state index is 11.2. The third kappa shape index (κ3) is 2.31. The minimum atomic E-state index is -0.393. The number of rotatable bonds is 1. The van der Waals surface area contributed by atoms with Crippen LogP contribution in [0.15, 0.2) is 18.2 Å². The van der Waals surface area contributed by atoms with Crippen molar-refractivity contribution in [2.45, 2.75) is 26.2 Å². The summed E-state index contributed by atoms with van der Waals surface area (Å²) in [6, 6.07) is 5.38. The number of aromatic nitrogens is 1. The van der Waals surface area contributed by atoms with Crippen molar-refractivity contribution in [3.05, 3.63) is 29.6 Å². The molecule has 0 N–H and O–H groups in total. The standard InChI is InChI=1S/C11H15NO2/c1-11(2,3)9-7-5-6-8(12-9)10(13)14-4/h5-7H,1-4H3. The van der Waals surface area contributed by atoms with E-state index in [1.165, 1.54) is 7.11 Å². The van der Waals surface area contributed by atoms with E-state index < -0.39 is 5.97 Å². The molecule has 0 aromatic carbocycles. The van der Waals surface area contributed by atoms with Crippen molar-refractivity contribution < 1.29 is 9.53 Å². The Bertz CT molecular complexity index is 339. The summed E-state index contributed by atoms with van der Waals surface area (Å²) in [5.41, 5.74) is 1.20. The molecule has 76 valence electrons. The number of hydrogen-bond acceptors (Lipinski definition) is 3. The predicted octanol–water partition coefficient (Wildman–Crippen LogP) is 2.17. The van der Waals surface area contributed by atoms with Crippen LogP contribution < -0.4 is 0 Å². The van der Waals surface area contributed by atoms with Crippen molar-refractivity contribution in [3.8, 4) is 0 Å². The molecule has 0 fully saturated rings. The Morgan fingerprint density at radius 1 is 1.36 bits per heavy atom. The first-order valence-corrected chi connectivity index (χ1v) is 4.51. The molecule has 0 bridgehead atoms. The number of ether oxygens (including phenoxy) is 1. The second-order valence-corrected chi connectivity index (χ2v) is 4.15. The smallest absolute Gasteiger partial charge is 0.356 e. The van der Waals surface area contributed by atoms with Crippen LogP contribution in [0, 0.1) is 0 Å². The van der Waals surface area contributed by atoms with Crippen molar-refractivity contribution >= 4 is 5.97 Å². The van der Waals surface area contributed by atoms with Gasteiger partial charge in [0.1, 0.15) is 5.69 Å². The fourth-order valence-corrected chi connectivity index (χ4v) is 1.07. The van der Waals surface area contributed by atoms with Crippen LogP contribution >= 0.6 is 0 Å². The summed E-state index contributed by atoms with van der Waals surface area (Å²) in [7, 11) is 1.35. The van der Waals surface area contributed by atoms with Gasteiger partial charge in [0, 0.05) is 11.1 Å².